The fraction of sp³-hybridized carbons (Fsp3) is 0.276. The van der Waals surface area contributed by atoms with Gasteiger partial charge < -0.3 is 5.32 Å². The van der Waals surface area contributed by atoms with Crippen molar-refractivity contribution in [2.24, 2.45) is 0 Å². The molecule has 1 fully saturated rings. The lowest BCUT2D eigenvalue weighted by molar-refractivity contribution is 0.0917. The summed E-state index contributed by atoms with van der Waals surface area (Å²) in [4.78, 5) is 49.2. The van der Waals surface area contributed by atoms with E-state index in [0.29, 0.717) is 22.8 Å². The van der Waals surface area contributed by atoms with Crippen molar-refractivity contribution in [2.75, 3.05) is 4.90 Å². The number of imide groups is 1. The van der Waals surface area contributed by atoms with Crippen LogP contribution in [0.1, 0.15) is 79.5 Å². The van der Waals surface area contributed by atoms with E-state index in [1.165, 1.54) is 11.0 Å². The highest BCUT2D eigenvalue weighted by Gasteiger charge is 2.38. The Morgan fingerprint density at radius 3 is 2.42 bits per heavy atom. The number of aromatic nitrogens is 5. The molecule has 0 bridgehead atoms. The first kappa shape index (κ1) is 26.0. The van der Waals surface area contributed by atoms with Crippen LogP contribution in [0.2, 0.25) is 0 Å². The zero-order valence-corrected chi connectivity index (χ0v) is 23.6. The van der Waals surface area contributed by atoms with Crippen molar-refractivity contribution in [3.63, 3.8) is 0 Å². The number of fused-ring (bicyclic) bond motifs is 1. The van der Waals surface area contributed by atoms with Crippen LogP contribution < -0.4 is 10.2 Å². The number of rotatable bonds is 5. The molecule has 2 aromatic carbocycles. The third-order valence-corrected chi connectivity index (χ3v) is 7.97. The Kier molecular flexibility index (Phi) is 6.75. The Balaban J connectivity index is 1.10. The second-order valence-corrected chi connectivity index (χ2v) is 11.2. The molecule has 0 radical (unpaired) electrons. The molecular formula is C29H26BrN7O3. The number of nitrogens with zero attached hydrogens (tertiary/aromatic N) is 6. The summed E-state index contributed by atoms with van der Waals surface area (Å²) >= 11 is 3.33. The monoisotopic (exact) mass is 599 g/mol. The number of nitrogens with one attached hydrogen (secondary N) is 1. The molecule has 0 unspecified atom stereocenters. The van der Waals surface area contributed by atoms with Gasteiger partial charge in [0, 0.05) is 29.9 Å². The fourth-order valence-corrected chi connectivity index (χ4v) is 5.55. The van der Waals surface area contributed by atoms with Crippen molar-refractivity contribution in [1.29, 1.82) is 0 Å². The van der Waals surface area contributed by atoms with Crippen LogP contribution in [0.3, 0.4) is 0 Å². The maximum Gasteiger partial charge on any atom is 0.266 e. The summed E-state index contributed by atoms with van der Waals surface area (Å²) in [6.45, 7) is 3.78. The minimum absolute atomic E-state index is 0.00521. The SMILES string of the molecule is Cc1ccc(C)c(N2C(=O)c3ccc(C(=O)NC4CCC(c5cn(-c6ncc(Br)cn6)nn5)CC4)cc3C2=O)c1. The third-order valence-electron chi connectivity index (χ3n) is 7.56. The van der Waals surface area contributed by atoms with Gasteiger partial charge >= 0.3 is 0 Å². The summed E-state index contributed by atoms with van der Waals surface area (Å²) in [5.41, 5.74) is 4.16. The lowest BCUT2D eigenvalue weighted by Gasteiger charge is -2.28. The van der Waals surface area contributed by atoms with E-state index in [-0.39, 0.29) is 29.3 Å². The summed E-state index contributed by atoms with van der Waals surface area (Å²) < 4.78 is 2.35. The van der Waals surface area contributed by atoms with Gasteiger partial charge in [0.1, 0.15) is 0 Å². The lowest BCUT2D eigenvalue weighted by Crippen LogP contribution is -2.37. The molecule has 1 aliphatic carbocycles. The predicted octanol–water partition coefficient (Wildman–Crippen LogP) is 4.69. The van der Waals surface area contributed by atoms with Gasteiger partial charge in [-0.25, -0.2) is 14.9 Å². The largest absolute Gasteiger partial charge is 0.349 e. The number of carbonyl (C=O) groups is 3. The smallest absolute Gasteiger partial charge is 0.266 e. The molecule has 2 aliphatic rings. The molecule has 202 valence electrons. The molecule has 4 aromatic rings. The van der Waals surface area contributed by atoms with Crippen molar-refractivity contribution in [3.8, 4) is 5.95 Å². The van der Waals surface area contributed by atoms with Crippen LogP contribution in [-0.2, 0) is 0 Å². The van der Waals surface area contributed by atoms with Crippen LogP contribution >= 0.6 is 15.9 Å². The number of hydrogen-bond donors (Lipinski definition) is 1. The van der Waals surface area contributed by atoms with Crippen molar-refractivity contribution < 1.29 is 14.4 Å². The van der Waals surface area contributed by atoms with Gasteiger partial charge in [-0.15, -0.1) is 5.10 Å². The van der Waals surface area contributed by atoms with Gasteiger partial charge in [-0.2, -0.15) is 4.68 Å². The normalized spacial score (nSPS) is 18.6. The second-order valence-electron chi connectivity index (χ2n) is 10.3. The maximum atomic E-state index is 13.3. The van der Waals surface area contributed by atoms with E-state index < -0.39 is 5.91 Å². The van der Waals surface area contributed by atoms with E-state index in [1.807, 2.05) is 38.2 Å². The molecule has 40 heavy (non-hydrogen) atoms. The minimum Gasteiger partial charge on any atom is -0.349 e. The van der Waals surface area contributed by atoms with Gasteiger partial charge in [-0.1, -0.05) is 17.3 Å². The number of aryl methyl sites for hydroxylation is 2. The van der Waals surface area contributed by atoms with Crippen molar-refractivity contribution in [2.45, 2.75) is 51.5 Å². The molecule has 2 aromatic heterocycles. The highest BCUT2D eigenvalue weighted by Crippen LogP contribution is 2.33. The third kappa shape index (κ3) is 4.81. The number of amides is 3. The Hall–Kier alpha value is -4.25. The van der Waals surface area contributed by atoms with E-state index in [2.05, 4.69) is 41.5 Å². The summed E-state index contributed by atoms with van der Waals surface area (Å²) in [5.74, 6) is -0.352. The molecule has 11 heteroatoms. The number of anilines is 1. The van der Waals surface area contributed by atoms with Crippen LogP contribution in [0, 0.1) is 13.8 Å². The topological polar surface area (TPSA) is 123 Å². The fourth-order valence-electron chi connectivity index (χ4n) is 5.35. The van der Waals surface area contributed by atoms with E-state index in [4.69, 9.17) is 0 Å². The Morgan fingerprint density at radius 1 is 0.950 bits per heavy atom. The van der Waals surface area contributed by atoms with Crippen LogP contribution in [0.15, 0.2) is 59.5 Å². The molecule has 3 amide bonds. The van der Waals surface area contributed by atoms with Crippen molar-refractivity contribution in [1.82, 2.24) is 30.3 Å². The zero-order chi connectivity index (χ0) is 28.0. The number of halogens is 1. The summed E-state index contributed by atoms with van der Waals surface area (Å²) in [5, 5.41) is 11.6. The molecular weight excluding hydrogens is 574 g/mol. The van der Waals surface area contributed by atoms with E-state index in [1.54, 1.807) is 29.2 Å². The van der Waals surface area contributed by atoms with Gasteiger partial charge in [-0.05, 0) is 90.9 Å². The highest BCUT2D eigenvalue weighted by atomic mass is 79.9. The lowest BCUT2D eigenvalue weighted by atomic mass is 9.84. The summed E-state index contributed by atoms with van der Waals surface area (Å²) in [6.07, 6.45) is 8.47. The number of hydrogen-bond acceptors (Lipinski definition) is 7. The van der Waals surface area contributed by atoms with Crippen LogP contribution in [0.4, 0.5) is 5.69 Å². The molecule has 1 saturated carbocycles. The molecule has 10 nitrogen and oxygen atoms in total. The highest BCUT2D eigenvalue weighted by molar-refractivity contribution is 9.10. The van der Waals surface area contributed by atoms with Gasteiger partial charge in [0.2, 0.25) is 0 Å². The second kappa shape index (κ2) is 10.4. The van der Waals surface area contributed by atoms with Crippen molar-refractivity contribution in [3.05, 3.63) is 93.0 Å². The van der Waals surface area contributed by atoms with E-state index in [0.717, 1.165) is 47.0 Å². The van der Waals surface area contributed by atoms with Crippen LogP contribution in [0.5, 0.6) is 0 Å². The molecule has 3 heterocycles. The predicted molar refractivity (Wildman–Crippen MR) is 151 cm³/mol. The number of benzene rings is 2. The molecule has 1 aliphatic heterocycles. The maximum absolute atomic E-state index is 13.3. The quantitative estimate of drug-likeness (QED) is 0.330. The van der Waals surface area contributed by atoms with E-state index >= 15 is 0 Å². The van der Waals surface area contributed by atoms with Gasteiger partial charge in [0.15, 0.2) is 0 Å². The molecule has 1 N–H and O–H groups in total. The first-order chi connectivity index (χ1) is 19.3. The first-order valence-corrected chi connectivity index (χ1v) is 13.9. The van der Waals surface area contributed by atoms with Crippen LogP contribution in [-0.4, -0.2) is 48.7 Å². The molecule has 0 atom stereocenters. The Labute approximate surface area is 239 Å². The standard InChI is InChI=1S/C29H26BrN7O3/c1-16-3-4-17(2)25(11-16)37-27(39)22-10-7-19(12-23(22)28(37)40)26(38)33-21-8-5-18(6-9-21)24-15-36(35-34-24)29-31-13-20(30)14-32-29/h3-4,7,10-15,18,21H,5-6,8-9H2,1-2H3,(H,33,38). The zero-order valence-electron chi connectivity index (χ0n) is 22.0. The van der Waals surface area contributed by atoms with Gasteiger partial charge in [-0.3, -0.25) is 14.4 Å². The first-order valence-electron chi connectivity index (χ1n) is 13.1. The molecule has 0 spiro atoms. The van der Waals surface area contributed by atoms with E-state index in [9.17, 15) is 14.4 Å². The number of carbonyl (C=O) groups excluding carboxylic acids is 3. The van der Waals surface area contributed by atoms with Crippen LogP contribution in [0.25, 0.3) is 5.95 Å². The summed E-state index contributed by atoms with van der Waals surface area (Å²) in [6, 6.07) is 10.4. The minimum atomic E-state index is -0.412. The van der Waals surface area contributed by atoms with Gasteiger partial charge in [0.05, 0.1) is 33.2 Å². The molecule has 6 rings (SSSR count). The van der Waals surface area contributed by atoms with Gasteiger partial charge in [0.25, 0.3) is 23.7 Å². The van der Waals surface area contributed by atoms with Crippen molar-refractivity contribution >= 4 is 39.3 Å². The summed E-state index contributed by atoms with van der Waals surface area (Å²) in [7, 11) is 0. The average molecular weight is 600 g/mol. The Morgan fingerprint density at radius 2 is 1.68 bits per heavy atom. The molecule has 0 saturated heterocycles. The Bertz CT molecular complexity index is 1640. The average Bonchev–Trinajstić information content (AvgIpc) is 3.54.